The molecule has 0 bridgehead atoms. The first kappa shape index (κ1) is 33.7. The van der Waals surface area contributed by atoms with E-state index >= 15 is 0 Å². The van der Waals surface area contributed by atoms with E-state index in [1.54, 1.807) is 0 Å². The summed E-state index contributed by atoms with van der Waals surface area (Å²) in [5.74, 6) is -1.27. The summed E-state index contributed by atoms with van der Waals surface area (Å²) in [6.45, 7) is -1.90. The molecule has 221 valence electrons. The first-order valence-corrected chi connectivity index (χ1v) is 13.9. The Balaban J connectivity index is 0.00000441. The van der Waals surface area contributed by atoms with Gasteiger partial charge in [-0.3, -0.25) is 34.5 Å². The van der Waals surface area contributed by atoms with Crippen LogP contribution < -0.4 is 5.32 Å². The molecule has 40 heavy (non-hydrogen) atoms. The number of hydrogen-bond donors (Lipinski definition) is 10. The number of hydrogen-bond acceptors (Lipinski definition) is 17. The Morgan fingerprint density at radius 3 is 2.30 bits per heavy atom. The molecule has 0 aromatic rings. The molecule has 0 aliphatic carbocycles. The molecule has 2 saturated heterocycles. The fourth-order valence-electron chi connectivity index (χ4n) is 3.96. The number of fused-ring (bicyclic) bond motifs is 1. The molecule has 4 aliphatic heterocycles. The zero-order chi connectivity index (χ0) is 28.9. The van der Waals surface area contributed by atoms with Gasteiger partial charge >= 0.3 is 15.6 Å². The van der Waals surface area contributed by atoms with Crippen LogP contribution in [0.25, 0.3) is 0 Å². The van der Waals surface area contributed by atoms with E-state index in [0.717, 1.165) is 11.2 Å². The number of carbonyl (C=O) groups is 1. The molecule has 1 amide bonds. The first-order chi connectivity index (χ1) is 18.1. The molecule has 0 aromatic carbocycles. The molecule has 3 unspecified atom stereocenters. The van der Waals surface area contributed by atoms with Gasteiger partial charge in [0.05, 0.1) is 19.6 Å². The maximum atomic E-state index is 12.3. The summed E-state index contributed by atoms with van der Waals surface area (Å²) in [6, 6.07) is -1.14. The Morgan fingerprint density at radius 2 is 1.65 bits per heavy atom. The van der Waals surface area contributed by atoms with Crippen LogP contribution in [0.15, 0.2) is 9.98 Å². The van der Waals surface area contributed by atoms with Crippen molar-refractivity contribution in [3.8, 4) is 0 Å². The average Bonchev–Trinajstić information content (AvgIpc) is 3.38. The van der Waals surface area contributed by atoms with E-state index in [4.69, 9.17) is 20.0 Å². The predicted molar refractivity (Wildman–Crippen MR) is 125 cm³/mol. The number of carbonyl (C=O) groups excluding carboxylic acids is 1. The van der Waals surface area contributed by atoms with Crippen LogP contribution in [0.4, 0.5) is 0 Å². The van der Waals surface area contributed by atoms with E-state index in [1.165, 1.54) is 0 Å². The van der Waals surface area contributed by atoms with Crippen LogP contribution in [0.2, 0.25) is 0 Å². The van der Waals surface area contributed by atoms with Crippen molar-refractivity contribution in [3.63, 3.8) is 0 Å². The number of ether oxygens (including phenoxy) is 2. The van der Waals surface area contributed by atoms with Crippen LogP contribution in [0.3, 0.4) is 0 Å². The summed E-state index contributed by atoms with van der Waals surface area (Å²) in [5.41, 5.74) is 0. The molecule has 21 nitrogen and oxygen atoms in total. The van der Waals surface area contributed by atoms with Crippen LogP contribution in [0, 0.1) is 5.41 Å². The number of rotatable bonds is 9. The summed E-state index contributed by atoms with van der Waals surface area (Å²) < 4.78 is 48.0. The Kier molecular flexibility index (Phi) is 10.8. The Hall–Kier alpha value is -0.780. The monoisotopic (exact) mass is 628 g/mol. The van der Waals surface area contributed by atoms with E-state index in [9.17, 15) is 49.2 Å². The minimum Gasteiger partial charge on any atom is -0.394 e. The molecule has 0 spiro atoms. The maximum Gasteiger partial charge on any atom is 0.483 e. The third kappa shape index (κ3) is 7.05. The minimum atomic E-state index is -5.60. The smallest absolute Gasteiger partial charge is 0.394 e. The summed E-state index contributed by atoms with van der Waals surface area (Å²) in [4.78, 5) is 40.5. The van der Waals surface area contributed by atoms with Crippen molar-refractivity contribution in [3.05, 3.63) is 0 Å². The molecule has 4 heterocycles. The fourth-order valence-corrected chi connectivity index (χ4v) is 6.11. The zero-order valence-electron chi connectivity index (χ0n) is 20.3. The number of guanidine groups is 1. The SMILES string of the molecule is N=C1N=C2C(N=CN2[C@@H]2O[C@H](COP(=O)(O)OP(=O)(O)O[C@H]3O[C@H](CO)[C@@H](O)[C@H](O)[C@@H]3O)[C@@H](O)[C@H]2O)C(=O)N1.[Na]. The first-order valence-electron chi connectivity index (χ1n) is 11.0. The van der Waals surface area contributed by atoms with Gasteiger partial charge in [-0.15, -0.1) is 0 Å². The summed E-state index contributed by atoms with van der Waals surface area (Å²) in [5, 5.41) is 68.9. The Morgan fingerprint density at radius 1 is 1.00 bits per heavy atom. The van der Waals surface area contributed by atoms with Crippen molar-refractivity contribution >= 4 is 69.2 Å². The predicted octanol–water partition coefficient (Wildman–Crippen LogP) is -5.72. The molecular formula is C16H25N5NaO16P2. The molecule has 4 aliphatic rings. The molecule has 4 rings (SSSR count). The van der Waals surface area contributed by atoms with Crippen LogP contribution >= 0.6 is 15.6 Å². The molecule has 0 aromatic heterocycles. The number of phosphoric ester groups is 2. The van der Waals surface area contributed by atoms with Crippen molar-refractivity contribution in [2.75, 3.05) is 13.2 Å². The van der Waals surface area contributed by atoms with E-state index < -0.39 is 102 Å². The molecule has 24 heteroatoms. The van der Waals surface area contributed by atoms with Gasteiger partial charge in [0, 0.05) is 29.6 Å². The number of aliphatic hydroxyl groups is 6. The third-order valence-electron chi connectivity index (χ3n) is 5.87. The van der Waals surface area contributed by atoms with Gasteiger partial charge in [-0.2, -0.15) is 9.30 Å². The van der Waals surface area contributed by atoms with Gasteiger partial charge in [0.15, 0.2) is 24.4 Å². The fraction of sp³-hybridized carbons (Fsp3) is 0.750. The van der Waals surface area contributed by atoms with Gasteiger partial charge in [-0.05, 0) is 0 Å². The number of nitrogens with zero attached hydrogens (tertiary/aromatic N) is 3. The number of amides is 1. The van der Waals surface area contributed by atoms with Gasteiger partial charge in [-0.25, -0.2) is 9.13 Å². The van der Waals surface area contributed by atoms with Gasteiger partial charge in [-0.1, -0.05) is 0 Å². The van der Waals surface area contributed by atoms with Gasteiger partial charge < -0.3 is 49.9 Å². The van der Waals surface area contributed by atoms with Crippen molar-refractivity contribution < 1.29 is 77.2 Å². The maximum absolute atomic E-state index is 12.3. The minimum absolute atomic E-state index is 0. The van der Waals surface area contributed by atoms with Crippen molar-refractivity contribution in [1.29, 1.82) is 5.41 Å². The van der Waals surface area contributed by atoms with Crippen LogP contribution in [0.5, 0.6) is 0 Å². The molecule has 1 radical (unpaired) electrons. The van der Waals surface area contributed by atoms with Gasteiger partial charge in [0.1, 0.15) is 42.7 Å². The largest absolute Gasteiger partial charge is 0.483 e. The van der Waals surface area contributed by atoms with E-state index in [0.29, 0.717) is 0 Å². The molecule has 10 N–H and O–H groups in total. The summed E-state index contributed by atoms with van der Waals surface area (Å²) >= 11 is 0. The molecule has 0 saturated carbocycles. The van der Waals surface area contributed by atoms with Gasteiger partial charge in [0.2, 0.25) is 5.96 Å². The van der Waals surface area contributed by atoms with Crippen LogP contribution in [-0.4, -0.2) is 173 Å². The average molecular weight is 628 g/mol. The van der Waals surface area contributed by atoms with Crippen molar-refractivity contribution in [1.82, 2.24) is 10.2 Å². The molecule has 12 atom stereocenters. The van der Waals surface area contributed by atoms with Gasteiger partial charge in [0.25, 0.3) is 5.91 Å². The number of nitrogens with one attached hydrogen (secondary N) is 2. The topological polar surface area (TPSA) is 323 Å². The number of amidine groups is 1. The quantitative estimate of drug-likeness (QED) is 0.0840. The Labute approximate surface area is 246 Å². The van der Waals surface area contributed by atoms with Crippen molar-refractivity contribution in [2.24, 2.45) is 9.98 Å². The van der Waals surface area contributed by atoms with E-state index in [2.05, 4.69) is 28.7 Å². The number of phosphoric acid groups is 2. The second-order valence-electron chi connectivity index (χ2n) is 8.55. The summed E-state index contributed by atoms with van der Waals surface area (Å²) in [6.07, 6.45) is -15.0. The second-order valence-corrected chi connectivity index (χ2v) is 11.5. The standard InChI is InChI=1S/C16H25N5O16P2.Na/c17-16-19-12-6(13(28)20-16)18-3-21(12)14-10(26)8(24)5(34-14)2-33-38(29,30)37-39(31,32)36-15-11(27)9(25)7(23)4(1-22)35-15;/h3-11,14-15,22-27H,1-2H2,(H,29,30)(H,31,32)(H2,17,20,28);/t4-,5-,6?,7-,8-,9+,10-,11+,14-,15-;/m1./s1. The summed E-state index contributed by atoms with van der Waals surface area (Å²) in [7, 11) is -11.1. The normalized spacial score (nSPS) is 40.5. The number of aliphatic hydroxyl groups excluding tert-OH is 6. The third-order valence-corrected chi connectivity index (χ3v) is 8.47. The van der Waals surface area contributed by atoms with Crippen LogP contribution in [-0.2, 0) is 36.8 Å². The van der Waals surface area contributed by atoms with E-state index in [1.807, 2.05) is 0 Å². The molecular weight excluding hydrogens is 603 g/mol. The number of aliphatic imine (C=N–C) groups is 2. The van der Waals surface area contributed by atoms with E-state index in [-0.39, 0.29) is 35.4 Å². The van der Waals surface area contributed by atoms with Crippen LogP contribution in [0.1, 0.15) is 0 Å². The van der Waals surface area contributed by atoms with Crippen molar-refractivity contribution in [2.45, 2.75) is 61.3 Å². The second kappa shape index (κ2) is 12.8. The molecule has 2 fully saturated rings. The Bertz CT molecular complexity index is 1140. The zero-order valence-corrected chi connectivity index (χ0v) is 24.1.